The summed E-state index contributed by atoms with van der Waals surface area (Å²) in [4.78, 5) is 13.6. The van der Waals surface area contributed by atoms with E-state index in [2.05, 4.69) is 24.3 Å². The number of hydrogen-bond donors (Lipinski definition) is 0. The highest BCUT2D eigenvalue weighted by Crippen LogP contribution is 2.47. The van der Waals surface area contributed by atoms with Crippen molar-refractivity contribution in [2.45, 2.75) is 152 Å². The molecule has 0 aliphatic heterocycles. The Kier molecular flexibility index (Phi) is 9.46. The van der Waals surface area contributed by atoms with Crippen molar-refractivity contribution in [3.63, 3.8) is 0 Å². The fraction of sp³-hybridized carbons (Fsp3) is 0.649. The van der Waals surface area contributed by atoms with Crippen molar-refractivity contribution < 1.29 is 14.3 Å². The van der Waals surface area contributed by atoms with E-state index in [1.54, 1.807) is 0 Å². The zero-order chi connectivity index (χ0) is 27.1. The van der Waals surface area contributed by atoms with E-state index in [1.165, 1.54) is 151 Å². The summed E-state index contributed by atoms with van der Waals surface area (Å²) in [6, 6.07) is 12.9. The van der Waals surface area contributed by atoms with Crippen molar-refractivity contribution in [1.29, 1.82) is 0 Å². The van der Waals surface area contributed by atoms with Crippen LogP contribution in [-0.4, -0.2) is 6.16 Å². The third kappa shape index (κ3) is 6.44. The third-order valence-electron chi connectivity index (χ3n) is 10.7. The van der Waals surface area contributed by atoms with Gasteiger partial charge in [0.2, 0.25) is 0 Å². The number of ether oxygens (including phenoxy) is 2. The summed E-state index contributed by atoms with van der Waals surface area (Å²) in [7, 11) is 0. The molecule has 4 fully saturated rings. The van der Waals surface area contributed by atoms with Gasteiger partial charge in [-0.25, -0.2) is 4.79 Å². The molecule has 4 saturated carbocycles. The van der Waals surface area contributed by atoms with Crippen molar-refractivity contribution in [2.24, 2.45) is 0 Å². The lowest BCUT2D eigenvalue weighted by molar-refractivity contribution is 0.150. The lowest BCUT2D eigenvalue weighted by Gasteiger charge is -2.31. The third-order valence-corrected chi connectivity index (χ3v) is 10.7. The first-order chi connectivity index (χ1) is 19.8. The van der Waals surface area contributed by atoms with Gasteiger partial charge in [-0.15, -0.1) is 0 Å². The normalized spacial score (nSPS) is 22.2. The predicted molar refractivity (Wildman–Crippen MR) is 163 cm³/mol. The highest BCUT2D eigenvalue weighted by molar-refractivity contribution is 5.69. The molecule has 4 aliphatic rings. The van der Waals surface area contributed by atoms with Gasteiger partial charge in [0, 0.05) is 11.1 Å². The lowest BCUT2D eigenvalue weighted by atomic mass is 9.75. The monoisotopic (exact) mass is 542 g/mol. The molecule has 4 aliphatic carbocycles. The van der Waals surface area contributed by atoms with E-state index in [1.807, 2.05) is 12.1 Å². The van der Waals surface area contributed by atoms with Gasteiger partial charge in [0.15, 0.2) is 0 Å². The second-order valence-corrected chi connectivity index (χ2v) is 13.3. The molecule has 216 valence electrons. The van der Waals surface area contributed by atoms with Crippen molar-refractivity contribution in [3.8, 4) is 11.5 Å². The van der Waals surface area contributed by atoms with Crippen molar-refractivity contribution in [1.82, 2.24) is 0 Å². The van der Waals surface area contributed by atoms with Gasteiger partial charge in [-0.3, -0.25) is 0 Å². The first kappa shape index (κ1) is 27.9. The van der Waals surface area contributed by atoms with E-state index in [0.29, 0.717) is 23.7 Å². The van der Waals surface area contributed by atoms with Crippen LogP contribution in [0.2, 0.25) is 0 Å². The lowest BCUT2D eigenvalue weighted by Crippen LogP contribution is -2.20. The van der Waals surface area contributed by atoms with Crippen LogP contribution in [0.3, 0.4) is 0 Å². The first-order valence-corrected chi connectivity index (χ1v) is 16.9. The van der Waals surface area contributed by atoms with Crippen LogP contribution in [0.1, 0.15) is 174 Å². The van der Waals surface area contributed by atoms with Crippen LogP contribution in [0.15, 0.2) is 36.4 Å². The average molecular weight is 543 g/mol. The quantitative estimate of drug-likeness (QED) is 0.269. The molecule has 0 saturated heterocycles. The highest BCUT2D eigenvalue weighted by Gasteiger charge is 2.30. The molecule has 40 heavy (non-hydrogen) atoms. The van der Waals surface area contributed by atoms with E-state index in [0.717, 1.165) is 11.5 Å². The largest absolute Gasteiger partial charge is 0.519 e. The fourth-order valence-electron chi connectivity index (χ4n) is 8.70. The Bertz CT molecular complexity index is 1020. The molecular formula is C37H50O3. The van der Waals surface area contributed by atoms with Gasteiger partial charge in [0.05, 0.1) is 0 Å². The summed E-state index contributed by atoms with van der Waals surface area (Å²) in [5, 5.41) is 0. The van der Waals surface area contributed by atoms with Gasteiger partial charge in [0.25, 0.3) is 0 Å². The molecule has 0 aromatic heterocycles. The zero-order valence-corrected chi connectivity index (χ0v) is 24.6. The van der Waals surface area contributed by atoms with Crippen molar-refractivity contribution in [3.05, 3.63) is 58.7 Å². The Labute approximate surface area is 242 Å². The van der Waals surface area contributed by atoms with Crippen molar-refractivity contribution >= 4 is 6.16 Å². The molecule has 0 heterocycles. The molecular weight excluding hydrogens is 492 g/mol. The maximum absolute atomic E-state index is 13.6. The molecule has 0 radical (unpaired) electrons. The SMILES string of the molecule is O=C(Oc1cccc(C2CCCCC2)c1C1CCCCC1)Oc1cccc(C2CCCCC2)c1C1CCCCC1. The molecule has 0 spiro atoms. The van der Waals surface area contributed by atoms with Crippen LogP contribution >= 0.6 is 0 Å². The van der Waals surface area contributed by atoms with Crippen LogP contribution < -0.4 is 9.47 Å². The summed E-state index contributed by atoms with van der Waals surface area (Å²) in [6.07, 6.45) is 24.9. The Hall–Kier alpha value is -2.29. The molecule has 0 bridgehead atoms. The molecule has 0 amide bonds. The number of rotatable bonds is 6. The van der Waals surface area contributed by atoms with E-state index in [9.17, 15) is 4.79 Å². The first-order valence-electron chi connectivity index (χ1n) is 16.9. The maximum atomic E-state index is 13.6. The van der Waals surface area contributed by atoms with Gasteiger partial charge in [-0.2, -0.15) is 0 Å². The molecule has 3 heteroatoms. The predicted octanol–water partition coefficient (Wildman–Crippen LogP) is 11.5. The number of hydrogen-bond acceptors (Lipinski definition) is 3. The standard InChI is InChI=1S/C37H50O3/c38-37(39-33-25-13-23-31(27-15-5-1-6-16-27)35(33)29-19-9-3-10-20-29)40-34-26-14-24-32(28-17-7-2-8-18-28)36(34)30-21-11-4-12-22-30/h13-14,23-30H,1-12,15-22H2. The molecule has 0 atom stereocenters. The van der Waals surface area contributed by atoms with Crippen LogP contribution in [0.5, 0.6) is 11.5 Å². The van der Waals surface area contributed by atoms with Crippen LogP contribution in [0.25, 0.3) is 0 Å². The minimum atomic E-state index is -0.560. The molecule has 2 aromatic carbocycles. The Morgan fingerprint density at radius 3 is 1.12 bits per heavy atom. The van der Waals surface area contributed by atoms with Crippen LogP contribution in [0.4, 0.5) is 4.79 Å². The minimum Gasteiger partial charge on any atom is -0.394 e. The van der Waals surface area contributed by atoms with Gasteiger partial charge in [0.1, 0.15) is 11.5 Å². The maximum Gasteiger partial charge on any atom is 0.519 e. The van der Waals surface area contributed by atoms with Crippen LogP contribution in [-0.2, 0) is 0 Å². The summed E-state index contributed by atoms with van der Waals surface area (Å²) >= 11 is 0. The molecule has 0 N–H and O–H groups in total. The smallest absolute Gasteiger partial charge is 0.394 e. The molecule has 6 rings (SSSR count). The van der Waals surface area contributed by atoms with Gasteiger partial charge in [-0.1, -0.05) is 101 Å². The average Bonchev–Trinajstić information content (AvgIpc) is 3.02. The fourth-order valence-corrected chi connectivity index (χ4v) is 8.70. The Morgan fingerprint density at radius 2 is 0.775 bits per heavy atom. The summed E-state index contributed by atoms with van der Waals surface area (Å²) in [5.41, 5.74) is 5.52. The van der Waals surface area contributed by atoms with Crippen LogP contribution in [0, 0.1) is 0 Å². The Morgan fingerprint density at radius 1 is 0.450 bits per heavy atom. The number of carbonyl (C=O) groups excluding carboxylic acids is 1. The van der Waals surface area contributed by atoms with E-state index < -0.39 is 6.16 Å². The van der Waals surface area contributed by atoms with Gasteiger partial charge in [-0.05, 0) is 98.3 Å². The van der Waals surface area contributed by atoms with E-state index in [-0.39, 0.29) is 0 Å². The van der Waals surface area contributed by atoms with Gasteiger partial charge >= 0.3 is 6.16 Å². The van der Waals surface area contributed by atoms with E-state index >= 15 is 0 Å². The summed E-state index contributed by atoms with van der Waals surface area (Å²) in [5.74, 6) is 3.67. The molecule has 2 aromatic rings. The summed E-state index contributed by atoms with van der Waals surface area (Å²) in [6.45, 7) is 0. The molecule has 3 nitrogen and oxygen atoms in total. The molecule has 0 unspecified atom stereocenters. The number of benzene rings is 2. The van der Waals surface area contributed by atoms with Gasteiger partial charge < -0.3 is 9.47 Å². The second kappa shape index (κ2) is 13.6. The number of carbonyl (C=O) groups is 1. The summed E-state index contributed by atoms with van der Waals surface area (Å²) < 4.78 is 12.4. The topological polar surface area (TPSA) is 35.5 Å². The zero-order valence-electron chi connectivity index (χ0n) is 24.6. The van der Waals surface area contributed by atoms with Crippen molar-refractivity contribution in [2.75, 3.05) is 0 Å². The highest BCUT2D eigenvalue weighted by atomic mass is 16.7. The second-order valence-electron chi connectivity index (χ2n) is 13.3. The Balaban J connectivity index is 1.28. The minimum absolute atomic E-state index is 0.488. The van der Waals surface area contributed by atoms with E-state index in [4.69, 9.17) is 9.47 Å².